The highest BCUT2D eigenvalue weighted by molar-refractivity contribution is 6.44. The van der Waals surface area contributed by atoms with Gasteiger partial charge in [-0.25, -0.2) is 0 Å². The molecular weight excluding hydrogens is 254 g/mol. The molecule has 0 radical (unpaired) electrons. The largest absolute Gasteiger partial charge is 1.00 e. The van der Waals surface area contributed by atoms with Gasteiger partial charge in [-0.05, 0) is 39.7 Å². The van der Waals surface area contributed by atoms with E-state index in [0.29, 0.717) is 0 Å². The van der Waals surface area contributed by atoms with Crippen molar-refractivity contribution in [2.24, 2.45) is 0 Å². The van der Waals surface area contributed by atoms with Gasteiger partial charge in [0, 0.05) is 14.2 Å². The molecule has 0 aliphatic rings. The van der Waals surface area contributed by atoms with Crippen LogP contribution in [0.3, 0.4) is 0 Å². The molecule has 0 aromatic carbocycles. The van der Waals surface area contributed by atoms with Crippen molar-refractivity contribution in [3.05, 3.63) is 0 Å². The molecule has 0 rings (SSSR count). The first-order valence-corrected chi connectivity index (χ1v) is 8.19. The van der Waals surface area contributed by atoms with Crippen LogP contribution in [-0.2, 0) is 8.85 Å². The fourth-order valence-corrected chi connectivity index (χ4v) is 3.30. The van der Waals surface area contributed by atoms with Gasteiger partial charge in [-0.1, -0.05) is 0 Å². The van der Waals surface area contributed by atoms with Gasteiger partial charge in [0.25, 0.3) is 0 Å². The van der Waals surface area contributed by atoms with E-state index in [1.54, 1.807) is 14.2 Å². The number of halogens is 1. The van der Waals surface area contributed by atoms with Crippen LogP contribution in [0, 0.1) is 0 Å². The highest BCUT2D eigenvalue weighted by Crippen LogP contribution is 2.16. The minimum absolute atomic E-state index is 0. The molecule has 0 aliphatic heterocycles. The van der Waals surface area contributed by atoms with Crippen molar-refractivity contribution in [2.45, 2.75) is 45.7 Å². The Hall–Kier alpha value is 0.387. The molecule has 0 aliphatic carbocycles. The van der Waals surface area contributed by atoms with Gasteiger partial charge in [0.2, 0.25) is 0 Å². The maximum Gasteiger partial charge on any atom is 0.320 e. The van der Waals surface area contributed by atoms with Crippen molar-refractivity contribution < 1.29 is 25.7 Å². The summed E-state index contributed by atoms with van der Waals surface area (Å²) >= 11 is 0. The second-order valence-corrected chi connectivity index (χ2v) is 7.17. The van der Waals surface area contributed by atoms with E-state index in [1.165, 1.54) is 30.4 Å². The van der Waals surface area contributed by atoms with E-state index >= 15 is 0 Å². The zero-order valence-corrected chi connectivity index (χ0v) is 14.2. The van der Waals surface area contributed by atoms with Gasteiger partial charge >= 0.3 is 9.28 Å². The lowest BCUT2D eigenvalue weighted by molar-refractivity contribution is -0.928. The average Bonchev–Trinajstić information content (AvgIpc) is 2.33. The quantitative estimate of drug-likeness (QED) is 0.406. The molecule has 17 heavy (non-hydrogen) atoms. The number of rotatable bonds is 9. The molecule has 0 spiro atoms. The predicted molar refractivity (Wildman–Crippen MR) is 71.9 cm³/mol. The standard InChI is InChI=1S/C12H30NO2Si.ClH/c1-7-13(4,8-2)12(3)10-9-11-16(14-5)15-6;/h12,16H,7-11H2,1-6H3;1H/q+1;/p-1. The van der Waals surface area contributed by atoms with E-state index in [1.807, 2.05) is 0 Å². The summed E-state index contributed by atoms with van der Waals surface area (Å²) in [7, 11) is 4.56. The SMILES string of the molecule is CC[N+](C)(CC)C(C)CCC[SiH](OC)OC.[Cl-]. The summed E-state index contributed by atoms with van der Waals surface area (Å²) in [6, 6.07) is 1.86. The summed E-state index contributed by atoms with van der Waals surface area (Å²) in [6.07, 6.45) is 2.50. The summed E-state index contributed by atoms with van der Waals surface area (Å²) in [4.78, 5) is 0. The van der Waals surface area contributed by atoms with Crippen LogP contribution in [0.4, 0.5) is 0 Å². The highest BCUT2D eigenvalue weighted by Gasteiger charge is 2.25. The molecule has 5 heteroatoms. The van der Waals surface area contributed by atoms with Gasteiger partial charge in [-0.3, -0.25) is 0 Å². The zero-order valence-electron chi connectivity index (χ0n) is 12.3. The molecule has 0 bridgehead atoms. The van der Waals surface area contributed by atoms with Crippen molar-refractivity contribution in [3.8, 4) is 0 Å². The van der Waals surface area contributed by atoms with Crippen molar-refractivity contribution in [1.82, 2.24) is 0 Å². The van der Waals surface area contributed by atoms with Crippen LogP contribution in [0.2, 0.25) is 6.04 Å². The van der Waals surface area contributed by atoms with Gasteiger partial charge in [-0.15, -0.1) is 0 Å². The lowest BCUT2D eigenvalue weighted by Gasteiger charge is -2.38. The smallest absolute Gasteiger partial charge is 0.320 e. The van der Waals surface area contributed by atoms with Crippen molar-refractivity contribution >= 4 is 9.28 Å². The van der Waals surface area contributed by atoms with E-state index in [0.717, 1.165) is 12.1 Å². The van der Waals surface area contributed by atoms with Crippen LogP contribution in [0.25, 0.3) is 0 Å². The van der Waals surface area contributed by atoms with Crippen LogP contribution >= 0.6 is 0 Å². The van der Waals surface area contributed by atoms with Gasteiger partial charge in [0.15, 0.2) is 0 Å². The number of nitrogens with zero attached hydrogens (tertiary/aromatic N) is 1. The topological polar surface area (TPSA) is 18.5 Å². The molecule has 0 amide bonds. The van der Waals surface area contributed by atoms with Gasteiger partial charge in [0.1, 0.15) is 0 Å². The van der Waals surface area contributed by atoms with Gasteiger partial charge < -0.3 is 25.7 Å². The molecule has 3 nitrogen and oxygen atoms in total. The fourth-order valence-electron chi connectivity index (χ4n) is 2.07. The Bertz CT molecular complexity index is 176. The Labute approximate surface area is 115 Å². The zero-order chi connectivity index (χ0) is 12.6. The average molecular weight is 284 g/mol. The number of hydrogen-bond acceptors (Lipinski definition) is 2. The number of quaternary nitrogens is 1. The molecule has 0 saturated carbocycles. The van der Waals surface area contributed by atoms with Crippen LogP contribution in [0.1, 0.15) is 33.6 Å². The highest BCUT2D eigenvalue weighted by atomic mass is 35.5. The Morgan fingerprint density at radius 2 is 1.59 bits per heavy atom. The molecule has 0 heterocycles. The van der Waals surface area contributed by atoms with Crippen molar-refractivity contribution in [2.75, 3.05) is 34.4 Å². The van der Waals surface area contributed by atoms with E-state index in [-0.39, 0.29) is 12.4 Å². The Kier molecular flexibility index (Phi) is 12.0. The molecule has 1 atom stereocenters. The maximum atomic E-state index is 5.33. The molecule has 0 saturated heterocycles. The Morgan fingerprint density at radius 3 is 1.94 bits per heavy atom. The molecule has 0 N–H and O–H groups in total. The minimum Gasteiger partial charge on any atom is -1.00 e. The summed E-state index contributed by atoms with van der Waals surface area (Å²) in [5, 5.41) is 0. The predicted octanol–water partition coefficient (Wildman–Crippen LogP) is -0.841. The lowest BCUT2D eigenvalue weighted by atomic mass is 10.1. The van der Waals surface area contributed by atoms with E-state index < -0.39 is 9.28 Å². The second-order valence-electron chi connectivity index (χ2n) is 4.79. The second kappa shape index (κ2) is 10.3. The van der Waals surface area contributed by atoms with Gasteiger partial charge in [-0.2, -0.15) is 0 Å². The molecular formula is C12H30ClNO2Si. The molecule has 0 fully saturated rings. The van der Waals surface area contributed by atoms with Crippen LogP contribution in [0.15, 0.2) is 0 Å². The van der Waals surface area contributed by atoms with E-state index in [4.69, 9.17) is 8.85 Å². The third-order valence-electron chi connectivity index (χ3n) is 4.10. The normalized spacial score (nSPS) is 13.6. The van der Waals surface area contributed by atoms with Crippen LogP contribution < -0.4 is 12.4 Å². The summed E-state index contributed by atoms with van der Waals surface area (Å²) in [5.41, 5.74) is 0. The number of hydrogen-bond donors (Lipinski definition) is 0. The fraction of sp³-hybridized carbons (Fsp3) is 1.00. The maximum absolute atomic E-state index is 5.33. The van der Waals surface area contributed by atoms with Crippen molar-refractivity contribution in [3.63, 3.8) is 0 Å². The Morgan fingerprint density at radius 1 is 1.12 bits per heavy atom. The molecule has 106 valence electrons. The first kappa shape index (κ1) is 19.7. The van der Waals surface area contributed by atoms with E-state index in [9.17, 15) is 0 Å². The lowest BCUT2D eigenvalue weighted by Crippen LogP contribution is -3.00. The molecule has 0 aromatic heterocycles. The first-order chi connectivity index (χ1) is 7.53. The Balaban J connectivity index is 0. The third kappa shape index (κ3) is 6.77. The third-order valence-corrected chi connectivity index (χ3v) is 6.03. The first-order valence-electron chi connectivity index (χ1n) is 6.43. The monoisotopic (exact) mass is 283 g/mol. The van der Waals surface area contributed by atoms with Gasteiger partial charge in [0.05, 0.1) is 26.2 Å². The molecule has 1 unspecified atom stereocenters. The summed E-state index contributed by atoms with van der Waals surface area (Å²) in [5.74, 6) is 0. The molecule has 0 aromatic rings. The summed E-state index contributed by atoms with van der Waals surface area (Å²) in [6.45, 7) is 9.35. The van der Waals surface area contributed by atoms with Crippen LogP contribution in [-0.4, -0.2) is 54.2 Å². The minimum atomic E-state index is -1.33. The van der Waals surface area contributed by atoms with Crippen LogP contribution in [0.5, 0.6) is 0 Å². The van der Waals surface area contributed by atoms with E-state index in [2.05, 4.69) is 27.8 Å². The van der Waals surface area contributed by atoms with Crippen molar-refractivity contribution in [1.29, 1.82) is 0 Å². The summed E-state index contributed by atoms with van der Waals surface area (Å²) < 4.78 is 11.8.